The van der Waals surface area contributed by atoms with Gasteiger partial charge in [0.15, 0.2) is 0 Å². The van der Waals surface area contributed by atoms with Gasteiger partial charge in [0, 0.05) is 29.6 Å². The van der Waals surface area contributed by atoms with Gasteiger partial charge in [-0.25, -0.2) is 4.98 Å². The van der Waals surface area contributed by atoms with Gasteiger partial charge in [-0.3, -0.25) is 0 Å². The van der Waals surface area contributed by atoms with E-state index in [1.165, 1.54) is 49.8 Å². The summed E-state index contributed by atoms with van der Waals surface area (Å²) < 4.78 is 0. The van der Waals surface area contributed by atoms with Crippen LogP contribution in [0.1, 0.15) is 63.1 Å². The van der Waals surface area contributed by atoms with Crippen molar-refractivity contribution in [3.8, 4) is 0 Å². The number of nitrogen functional groups attached to an aromatic ring is 1. The molecule has 1 aromatic rings. The first-order valence-corrected chi connectivity index (χ1v) is 8.70. The Morgan fingerprint density at radius 1 is 1.05 bits per heavy atom. The van der Waals surface area contributed by atoms with Crippen LogP contribution in [0.25, 0.3) is 0 Å². The first-order chi connectivity index (χ1) is 10.5. The van der Waals surface area contributed by atoms with Crippen LogP contribution in [-0.2, 0) is 11.8 Å². The normalized spacial score (nSPS) is 30.0. The van der Waals surface area contributed by atoms with Crippen LogP contribution in [0.2, 0.25) is 0 Å². The van der Waals surface area contributed by atoms with E-state index in [1.807, 2.05) is 0 Å². The van der Waals surface area contributed by atoms with Gasteiger partial charge < -0.3 is 16.4 Å². The predicted octanol–water partition coefficient (Wildman–Crippen LogP) is 2.13. The van der Waals surface area contributed by atoms with Gasteiger partial charge in [0.1, 0.15) is 5.82 Å². The summed E-state index contributed by atoms with van der Waals surface area (Å²) in [5.41, 5.74) is 15.2. The van der Waals surface area contributed by atoms with E-state index >= 15 is 0 Å². The quantitative estimate of drug-likeness (QED) is 0.830. The van der Waals surface area contributed by atoms with Crippen LogP contribution in [0.4, 0.5) is 11.8 Å². The lowest BCUT2D eigenvalue weighted by Gasteiger charge is -2.36. The average molecular weight is 301 g/mol. The summed E-state index contributed by atoms with van der Waals surface area (Å²) in [7, 11) is 0. The SMILES string of the molecule is CC1(N)CCN(c2nc(N)nc3c2CCCC32CCCC2)C1. The number of aromatic nitrogens is 2. The molecule has 1 aliphatic heterocycles. The van der Waals surface area contributed by atoms with E-state index in [2.05, 4.69) is 16.8 Å². The van der Waals surface area contributed by atoms with E-state index in [0.717, 1.165) is 31.7 Å². The van der Waals surface area contributed by atoms with Crippen molar-refractivity contribution < 1.29 is 0 Å². The predicted molar refractivity (Wildman–Crippen MR) is 89.0 cm³/mol. The maximum Gasteiger partial charge on any atom is 0.222 e. The lowest BCUT2D eigenvalue weighted by atomic mass is 9.71. The number of anilines is 2. The third kappa shape index (κ3) is 2.18. The van der Waals surface area contributed by atoms with Crippen molar-refractivity contribution in [2.24, 2.45) is 5.73 Å². The lowest BCUT2D eigenvalue weighted by molar-refractivity contribution is 0.357. The molecule has 2 heterocycles. The number of rotatable bonds is 1. The van der Waals surface area contributed by atoms with E-state index in [0.29, 0.717) is 5.95 Å². The van der Waals surface area contributed by atoms with Crippen molar-refractivity contribution in [3.63, 3.8) is 0 Å². The monoisotopic (exact) mass is 301 g/mol. The molecule has 1 aromatic heterocycles. The number of nitrogens with two attached hydrogens (primary N) is 2. The minimum absolute atomic E-state index is 0.119. The zero-order valence-corrected chi connectivity index (χ0v) is 13.6. The molecule has 3 aliphatic rings. The highest BCUT2D eigenvalue weighted by Gasteiger charge is 2.43. The third-order valence-electron chi connectivity index (χ3n) is 5.95. The molecule has 1 unspecified atom stereocenters. The third-order valence-corrected chi connectivity index (χ3v) is 5.95. The Bertz CT molecular complexity index is 589. The highest BCUT2D eigenvalue weighted by atomic mass is 15.3. The van der Waals surface area contributed by atoms with Gasteiger partial charge in [-0.1, -0.05) is 12.8 Å². The van der Waals surface area contributed by atoms with Crippen molar-refractivity contribution in [2.75, 3.05) is 23.7 Å². The van der Waals surface area contributed by atoms with Gasteiger partial charge in [-0.05, 0) is 45.4 Å². The standard InChI is InChI=1S/C17H27N5/c1-16(19)9-10-22(11-16)14-12-5-4-8-17(6-2-3-7-17)13(12)20-15(18)21-14/h2-11,19H2,1H3,(H2,18,20,21). The summed E-state index contributed by atoms with van der Waals surface area (Å²) in [6, 6.07) is 0. The van der Waals surface area contributed by atoms with E-state index in [-0.39, 0.29) is 11.0 Å². The molecule has 4 N–H and O–H groups in total. The van der Waals surface area contributed by atoms with Crippen molar-refractivity contribution in [1.82, 2.24) is 9.97 Å². The van der Waals surface area contributed by atoms with Crippen molar-refractivity contribution in [2.45, 2.75) is 69.2 Å². The fraction of sp³-hybridized carbons (Fsp3) is 0.765. The molecule has 1 saturated carbocycles. The number of fused-ring (bicyclic) bond motifs is 2. The van der Waals surface area contributed by atoms with Crippen LogP contribution in [-0.4, -0.2) is 28.6 Å². The summed E-state index contributed by atoms with van der Waals surface area (Å²) >= 11 is 0. The van der Waals surface area contributed by atoms with Crippen LogP contribution in [0.15, 0.2) is 0 Å². The van der Waals surface area contributed by atoms with Gasteiger partial charge in [0.2, 0.25) is 5.95 Å². The van der Waals surface area contributed by atoms with Crippen LogP contribution in [0, 0.1) is 0 Å². The van der Waals surface area contributed by atoms with Crippen LogP contribution >= 0.6 is 0 Å². The van der Waals surface area contributed by atoms with E-state index in [1.54, 1.807) is 0 Å². The molecule has 2 aliphatic carbocycles. The molecule has 0 amide bonds. The molecule has 120 valence electrons. The molecule has 0 radical (unpaired) electrons. The van der Waals surface area contributed by atoms with Gasteiger partial charge in [-0.15, -0.1) is 0 Å². The summed E-state index contributed by atoms with van der Waals surface area (Å²) in [6.45, 7) is 3.97. The molecule has 2 fully saturated rings. The number of hydrogen-bond acceptors (Lipinski definition) is 5. The Balaban J connectivity index is 1.79. The molecule has 0 bridgehead atoms. The Hall–Kier alpha value is -1.36. The van der Waals surface area contributed by atoms with Gasteiger partial charge in [-0.2, -0.15) is 4.98 Å². The molecule has 0 aromatic carbocycles. The smallest absolute Gasteiger partial charge is 0.222 e. The van der Waals surface area contributed by atoms with Gasteiger partial charge in [0.05, 0.1) is 5.69 Å². The second-order valence-corrected chi connectivity index (χ2v) is 7.90. The molecule has 1 spiro atoms. The molecule has 5 nitrogen and oxygen atoms in total. The van der Waals surface area contributed by atoms with Crippen molar-refractivity contribution in [3.05, 3.63) is 11.3 Å². The zero-order valence-electron chi connectivity index (χ0n) is 13.6. The molecule has 22 heavy (non-hydrogen) atoms. The summed E-state index contributed by atoms with van der Waals surface area (Å²) in [6.07, 6.45) is 9.80. The fourth-order valence-corrected chi connectivity index (χ4v) is 4.85. The van der Waals surface area contributed by atoms with E-state index in [4.69, 9.17) is 16.5 Å². The lowest BCUT2D eigenvalue weighted by Crippen LogP contribution is -2.40. The molecular formula is C17H27N5. The number of hydrogen-bond donors (Lipinski definition) is 2. The average Bonchev–Trinajstić information content (AvgIpc) is 3.07. The van der Waals surface area contributed by atoms with Crippen molar-refractivity contribution in [1.29, 1.82) is 0 Å². The Kier molecular flexibility index (Phi) is 3.12. The second-order valence-electron chi connectivity index (χ2n) is 7.90. The van der Waals surface area contributed by atoms with Crippen LogP contribution in [0.5, 0.6) is 0 Å². The van der Waals surface area contributed by atoms with E-state index < -0.39 is 0 Å². The zero-order chi connectivity index (χ0) is 15.4. The second kappa shape index (κ2) is 4.82. The minimum atomic E-state index is -0.119. The maximum atomic E-state index is 6.32. The Morgan fingerprint density at radius 3 is 2.45 bits per heavy atom. The summed E-state index contributed by atoms with van der Waals surface area (Å²) in [5.74, 6) is 1.51. The highest BCUT2D eigenvalue weighted by molar-refractivity contribution is 5.56. The molecular weight excluding hydrogens is 274 g/mol. The first kappa shape index (κ1) is 14.2. The Morgan fingerprint density at radius 2 is 1.77 bits per heavy atom. The largest absolute Gasteiger partial charge is 0.368 e. The van der Waals surface area contributed by atoms with Crippen LogP contribution in [0.3, 0.4) is 0 Å². The minimum Gasteiger partial charge on any atom is -0.368 e. The molecule has 1 saturated heterocycles. The topological polar surface area (TPSA) is 81.1 Å². The summed E-state index contributed by atoms with van der Waals surface area (Å²) in [4.78, 5) is 11.7. The van der Waals surface area contributed by atoms with Crippen molar-refractivity contribution >= 4 is 11.8 Å². The van der Waals surface area contributed by atoms with Gasteiger partial charge in [0.25, 0.3) is 0 Å². The first-order valence-electron chi connectivity index (χ1n) is 8.70. The van der Waals surface area contributed by atoms with E-state index in [9.17, 15) is 0 Å². The summed E-state index contributed by atoms with van der Waals surface area (Å²) in [5, 5.41) is 0. The van der Waals surface area contributed by atoms with Gasteiger partial charge >= 0.3 is 0 Å². The molecule has 1 atom stereocenters. The maximum absolute atomic E-state index is 6.32. The molecule has 5 heteroatoms. The highest BCUT2D eigenvalue weighted by Crippen LogP contribution is 2.49. The number of nitrogens with zero attached hydrogens (tertiary/aromatic N) is 3. The Labute approximate surface area is 132 Å². The fourth-order valence-electron chi connectivity index (χ4n) is 4.85. The molecule has 4 rings (SSSR count). The van der Waals surface area contributed by atoms with Crippen LogP contribution < -0.4 is 16.4 Å².